The Morgan fingerprint density at radius 1 is 1.21 bits per heavy atom. The van der Waals surface area contributed by atoms with E-state index < -0.39 is 10.0 Å². The number of hydrogen-bond donors (Lipinski definition) is 1. The van der Waals surface area contributed by atoms with Crippen molar-refractivity contribution in [2.24, 2.45) is 0 Å². The Balaban J connectivity index is 1.64. The van der Waals surface area contributed by atoms with Gasteiger partial charge in [0.15, 0.2) is 5.58 Å². The molecule has 0 amide bonds. The molecule has 1 aromatic carbocycles. The van der Waals surface area contributed by atoms with Crippen LogP contribution in [-0.4, -0.2) is 18.4 Å². The molecule has 1 N–H and O–H groups in total. The number of anilines is 1. The summed E-state index contributed by atoms with van der Waals surface area (Å²) in [6.45, 7) is 0. The summed E-state index contributed by atoms with van der Waals surface area (Å²) in [6.07, 6.45) is 1.68. The molecule has 4 aromatic rings. The van der Waals surface area contributed by atoms with Gasteiger partial charge in [-0.25, -0.2) is 18.1 Å². The van der Waals surface area contributed by atoms with Gasteiger partial charge in [0, 0.05) is 16.6 Å². The van der Waals surface area contributed by atoms with Gasteiger partial charge in [-0.05, 0) is 30.3 Å². The average molecular weight is 398 g/mol. The van der Waals surface area contributed by atoms with Crippen LogP contribution >= 0.6 is 34.3 Å². The minimum Gasteiger partial charge on any atom is -0.423 e. The second-order valence-electron chi connectivity index (χ2n) is 4.69. The van der Waals surface area contributed by atoms with Gasteiger partial charge < -0.3 is 4.42 Å². The molecule has 0 saturated carbocycles. The van der Waals surface area contributed by atoms with E-state index in [1.54, 1.807) is 30.5 Å². The SMILES string of the molecule is O=S(=O)(Nc1nc2cc(Cl)ccc2o1)c1ccc(-c2nccs2)s1. The van der Waals surface area contributed by atoms with Crippen molar-refractivity contribution in [3.05, 3.63) is 46.9 Å². The van der Waals surface area contributed by atoms with Gasteiger partial charge >= 0.3 is 6.01 Å². The Morgan fingerprint density at radius 2 is 2.08 bits per heavy atom. The summed E-state index contributed by atoms with van der Waals surface area (Å²) in [5, 5.41) is 3.11. The molecule has 24 heavy (non-hydrogen) atoms. The lowest BCUT2D eigenvalue weighted by Gasteiger charge is -2.00. The fraction of sp³-hybridized carbons (Fsp3) is 0. The van der Waals surface area contributed by atoms with E-state index in [1.807, 2.05) is 5.38 Å². The lowest BCUT2D eigenvalue weighted by atomic mass is 10.3. The molecule has 0 saturated heterocycles. The van der Waals surface area contributed by atoms with Crippen molar-refractivity contribution in [1.82, 2.24) is 9.97 Å². The fourth-order valence-electron chi connectivity index (χ4n) is 2.03. The summed E-state index contributed by atoms with van der Waals surface area (Å²) in [6, 6.07) is 8.04. The molecular weight excluding hydrogens is 390 g/mol. The summed E-state index contributed by atoms with van der Waals surface area (Å²) in [4.78, 5) is 9.05. The standard InChI is InChI=1S/C14H8ClN3O3S3/c15-8-1-2-10-9(7-8)17-14(21-10)18-24(19,20)12-4-3-11(23-12)13-16-5-6-22-13/h1-7H,(H,17,18). The van der Waals surface area contributed by atoms with Crippen molar-refractivity contribution < 1.29 is 12.8 Å². The molecule has 0 unspecified atom stereocenters. The molecule has 0 fully saturated rings. The first kappa shape index (κ1) is 15.6. The normalized spacial score (nSPS) is 11.9. The summed E-state index contributed by atoms with van der Waals surface area (Å²) in [5.74, 6) is 0. The van der Waals surface area contributed by atoms with Crippen LogP contribution in [0.25, 0.3) is 21.0 Å². The van der Waals surface area contributed by atoms with E-state index in [4.69, 9.17) is 16.0 Å². The molecule has 3 aromatic heterocycles. The molecule has 0 atom stereocenters. The highest BCUT2D eigenvalue weighted by atomic mass is 35.5. The van der Waals surface area contributed by atoms with E-state index in [1.165, 1.54) is 17.4 Å². The number of benzene rings is 1. The zero-order valence-electron chi connectivity index (χ0n) is 11.8. The molecule has 10 heteroatoms. The van der Waals surface area contributed by atoms with Crippen LogP contribution in [0.4, 0.5) is 6.01 Å². The van der Waals surface area contributed by atoms with Crippen LogP contribution in [0.3, 0.4) is 0 Å². The molecule has 3 heterocycles. The lowest BCUT2D eigenvalue weighted by molar-refractivity contribution is 0.593. The van der Waals surface area contributed by atoms with Crippen LogP contribution < -0.4 is 4.72 Å². The predicted octanol–water partition coefficient (Wildman–Crippen LogP) is 4.47. The molecule has 6 nitrogen and oxygen atoms in total. The number of thiazole rings is 1. The van der Waals surface area contributed by atoms with E-state index in [9.17, 15) is 8.42 Å². The van der Waals surface area contributed by atoms with E-state index in [-0.39, 0.29) is 10.2 Å². The van der Waals surface area contributed by atoms with Gasteiger partial charge in [-0.2, -0.15) is 4.98 Å². The quantitative estimate of drug-likeness (QED) is 0.549. The number of oxazole rings is 1. The monoisotopic (exact) mass is 397 g/mol. The van der Waals surface area contributed by atoms with Crippen molar-refractivity contribution in [1.29, 1.82) is 0 Å². The maximum Gasteiger partial charge on any atom is 0.309 e. The number of nitrogens with zero attached hydrogens (tertiary/aromatic N) is 2. The number of aromatic nitrogens is 2. The zero-order chi connectivity index (χ0) is 16.7. The minimum atomic E-state index is -3.79. The van der Waals surface area contributed by atoms with Gasteiger partial charge in [0.25, 0.3) is 10.0 Å². The van der Waals surface area contributed by atoms with Crippen LogP contribution in [0, 0.1) is 0 Å². The third kappa shape index (κ3) is 2.91. The number of thiophene rings is 1. The topological polar surface area (TPSA) is 85.1 Å². The number of fused-ring (bicyclic) bond motifs is 1. The van der Waals surface area contributed by atoms with Crippen LogP contribution in [-0.2, 0) is 10.0 Å². The van der Waals surface area contributed by atoms with Gasteiger partial charge in [0.1, 0.15) is 14.7 Å². The fourth-order valence-corrected chi connectivity index (χ4v) is 5.15. The van der Waals surface area contributed by atoms with Crippen molar-refractivity contribution in [3.63, 3.8) is 0 Å². The van der Waals surface area contributed by atoms with E-state index in [0.717, 1.165) is 21.2 Å². The second-order valence-corrected chi connectivity index (χ2v) is 9.02. The van der Waals surface area contributed by atoms with Crippen molar-refractivity contribution >= 4 is 61.4 Å². The summed E-state index contributed by atoms with van der Waals surface area (Å²) in [5.41, 5.74) is 0.932. The zero-order valence-corrected chi connectivity index (χ0v) is 15.0. The van der Waals surface area contributed by atoms with Gasteiger partial charge in [0.05, 0.1) is 4.88 Å². The smallest absolute Gasteiger partial charge is 0.309 e. The number of halogens is 1. The van der Waals surface area contributed by atoms with Gasteiger partial charge in [-0.3, -0.25) is 0 Å². The van der Waals surface area contributed by atoms with Crippen molar-refractivity contribution in [2.45, 2.75) is 4.21 Å². The van der Waals surface area contributed by atoms with Crippen LogP contribution in [0.15, 0.2) is 50.5 Å². The highest BCUT2D eigenvalue weighted by molar-refractivity contribution is 7.94. The van der Waals surface area contributed by atoms with Gasteiger partial charge in [-0.1, -0.05) is 11.6 Å². The molecule has 0 aliphatic carbocycles. The van der Waals surface area contributed by atoms with Crippen molar-refractivity contribution in [3.8, 4) is 9.88 Å². The first-order chi connectivity index (χ1) is 11.5. The number of nitrogens with one attached hydrogen (secondary N) is 1. The maximum absolute atomic E-state index is 12.5. The van der Waals surface area contributed by atoms with Crippen molar-refractivity contribution in [2.75, 3.05) is 4.72 Å². The second kappa shape index (κ2) is 5.85. The molecule has 0 radical (unpaired) electrons. The molecule has 0 bridgehead atoms. The Labute approximate surface area is 149 Å². The third-order valence-electron chi connectivity index (χ3n) is 3.06. The van der Waals surface area contributed by atoms with E-state index in [2.05, 4.69) is 14.7 Å². The van der Waals surface area contributed by atoms with E-state index >= 15 is 0 Å². The number of sulfonamides is 1. The molecule has 0 aliphatic heterocycles. The maximum atomic E-state index is 12.5. The highest BCUT2D eigenvalue weighted by Crippen LogP contribution is 2.33. The van der Waals surface area contributed by atoms with Gasteiger partial charge in [0.2, 0.25) is 0 Å². The average Bonchev–Trinajstić information content (AvgIpc) is 3.26. The molecular formula is C14H8ClN3O3S3. The number of hydrogen-bond acceptors (Lipinski definition) is 7. The molecule has 0 spiro atoms. The summed E-state index contributed by atoms with van der Waals surface area (Å²) >= 11 is 8.47. The molecule has 0 aliphatic rings. The minimum absolute atomic E-state index is 0.100. The van der Waals surface area contributed by atoms with Crippen LogP contribution in [0.1, 0.15) is 0 Å². The largest absolute Gasteiger partial charge is 0.423 e. The predicted molar refractivity (Wildman–Crippen MR) is 95.3 cm³/mol. The molecule has 4 rings (SSSR count). The first-order valence-electron chi connectivity index (χ1n) is 6.60. The van der Waals surface area contributed by atoms with Gasteiger partial charge in [-0.15, -0.1) is 22.7 Å². The van der Waals surface area contributed by atoms with Crippen LogP contribution in [0.2, 0.25) is 5.02 Å². The Morgan fingerprint density at radius 3 is 2.88 bits per heavy atom. The Kier molecular flexibility index (Phi) is 3.80. The molecule has 122 valence electrons. The summed E-state index contributed by atoms with van der Waals surface area (Å²) < 4.78 is 32.9. The Bertz CT molecular complexity index is 1120. The lowest BCUT2D eigenvalue weighted by Crippen LogP contribution is -2.11. The number of rotatable bonds is 4. The summed E-state index contributed by atoms with van der Waals surface area (Å²) in [7, 11) is -3.79. The third-order valence-corrected chi connectivity index (χ3v) is 7.14. The van der Waals surface area contributed by atoms with E-state index in [0.29, 0.717) is 16.1 Å². The highest BCUT2D eigenvalue weighted by Gasteiger charge is 2.21. The Hall–Kier alpha value is -1.94. The first-order valence-corrected chi connectivity index (χ1v) is 10.2. The van der Waals surface area contributed by atoms with Crippen LogP contribution in [0.5, 0.6) is 0 Å².